The van der Waals surface area contributed by atoms with Gasteiger partial charge in [-0.25, -0.2) is 4.79 Å². The quantitative estimate of drug-likeness (QED) is 0.756. The van der Waals surface area contributed by atoms with Gasteiger partial charge in [0.15, 0.2) is 0 Å². The zero-order valence-corrected chi connectivity index (χ0v) is 14.2. The van der Waals surface area contributed by atoms with Crippen molar-refractivity contribution in [3.05, 3.63) is 35.9 Å². The maximum absolute atomic E-state index is 12.4. The monoisotopic (exact) mass is 320 g/mol. The Kier molecular flexibility index (Phi) is 7.36. The first kappa shape index (κ1) is 17.8. The minimum Gasteiger partial charge on any atom is -0.445 e. The van der Waals surface area contributed by atoms with Crippen molar-refractivity contribution in [3.63, 3.8) is 0 Å². The molecule has 0 aromatic heterocycles. The lowest BCUT2D eigenvalue weighted by atomic mass is 10.2. The van der Waals surface area contributed by atoms with Crippen LogP contribution in [-0.4, -0.2) is 61.8 Å². The lowest BCUT2D eigenvalue weighted by Gasteiger charge is -2.28. The smallest absolute Gasteiger partial charge is 0.410 e. The number of ether oxygens (including phenoxy) is 2. The van der Waals surface area contributed by atoms with Crippen molar-refractivity contribution in [1.82, 2.24) is 9.80 Å². The average Bonchev–Trinajstić information content (AvgIpc) is 2.75. The summed E-state index contributed by atoms with van der Waals surface area (Å²) in [5.41, 5.74) is 1.02. The molecule has 1 aliphatic heterocycles. The molecule has 128 valence electrons. The van der Waals surface area contributed by atoms with Crippen LogP contribution in [0.1, 0.15) is 25.3 Å². The fourth-order valence-corrected chi connectivity index (χ4v) is 2.96. The minimum absolute atomic E-state index is 0.170. The Balaban J connectivity index is 1.81. The molecule has 0 spiro atoms. The van der Waals surface area contributed by atoms with E-state index in [1.807, 2.05) is 35.2 Å². The third-order valence-electron chi connectivity index (χ3n) is 4.19. The minimum atomic E-state index is -0.208. The highest BCUT2D eigenvalue weighted by molar-refractivity contribution is 5.68. The van der Waals surface area contributed by atoms with Gasteiger partial charge in [-0.2, -0.15) is 0 Å². The second-order valence-electron chi connectivity index (χ2n) is 6.08. The van der Waals surface area contributed by atoms with E-state index in [4.69, 9.17) is 9.47 Å². The van der Waals surface area contributed by atoms with Crippen LogP contribution in [0, 0.1) is 0 Å². The molecule has 5 nitrogen and oxygen atoms in total. The summed E-state index contributed by atoms with van der Waals surface area (Å²) in [5.74, 6) is 0. The molecule has 1 heterocycles. The van der Waals surface area contributed by atoms with Crippen molar-refractivity contribution in [3.8, 4) is 0 Å². The molecule has 0 saturated carbocycles. The Morgan fingerprint density at radius 1 is 1.26 bits per heavy atom. The predicted molar refractivity (Wildman–Crippen MR) is 90.3 cm³/mol. The zero-order valence-electron chi connectivity index (χ0n) is 14.2. The molecule has 1 saturated heterocycles. The van der Waals surface area contributed by atoms with Gasteiger partial charge in [0.2, 0.25) is 0 Å². The van der Waals surface area contributed by atoms with E-state index >= 15 is 0 Å². The van der Waals surface area contributed by atoms with E-state index in [2.05, 4.69) is 11.8 Å². The number of rotatable bonds is 6. The lowest BCUT2D eigenvalue weighted by Crippen LogP contribution is -2.43. The van der Waals surface area contributed by atoms with E-state index in [1.165, 1.54) is 0 Å². The molecule has 2 rings (SSSR count). The van der Waals surface area contributed by atoms with Crippen LogP contribution in [0.2, 0.25) is 0 Å². The van der Waals surface area contributed by atoms with Gasteiger partial charge in [-0.3, -0.25) is 0 Å². The standard InChI is InChI=1S/C18H28N2O3/c1-16-14-19(11-7-13-22-2)10-6-12-20(16)18(21)23-15-17-8-4-3-5-9-17/h3-5,8-9,16H,6-7,10-15H2,1-2H3/t16-/m0/s1. The Bertz CT molecular complexity index is 467. The van der Waals surface area contributed by atoms with Gasteiger partial charge in [0.1, 0.15) is 6.61 Å². The summed E-state index contributed by atoms with van der Waals surface area (Å²) in [6, 6.07) is 9.97. The van der Waals surface area contributed by atoms with Gasteiger partial charge in [0.05, 0.1) is 0 Å². The van der Waals surface area contributed by atoms with Crippen LogP contribution < -0.4 is 0 Å². The molecule has 0 N–H and O–H groups in total. The van der Waals surface area contributed by atoms with Gasteiger partial charge in [-0.05, 0) is 31.9 Å². The third kappa shape index (κ3) is 5.84. The fourth-order valence-electron chi connectivity index (χ4n) is 2.96. The molecule has 0 radical (unpaired) electrons. The number of hydrogen-bond donors (Lipinski definition) is 0. The van der Waals surface area contributed by atoms with Crippen LogP contribution in [0.4, 0.5) is 4.79 Å². The number of methoxy groups -OCH3 is 1. The van der Waals surface area contributed by atoms with Gasteiger partial charge in [0, 0.05) is 39.4 Å². The first-order chi connectivity index (χ1) is 11.2. The molecule has 0 unspecified atom stereocenters. The van der Waals surface area contributed by atoms with Crippen LogP contribution >= 0.6 is 0 Å². The van der Waals surface area contributed by atoms with E-state index in [9.17, 15) is 4.79 Å². The third-order valence-corrected chi connectivity index (χ3v) is 4.19. The summed E-state index contributed by atoms with van der Waals surface area (Å²) in [6.45, 7) is 6.91. The van der Waals surface area contributed by atoms with Crippen molar-refractivity contribution in [2.75, 3.05) is 39.9 Å². The molecule has 0 bridgehead atoms. The SMILES string of the molecule is COCCCN1CCCN(C(=O)OCc2ccccc2)[C@@H](C)C1. The highest BCUT2D eigenvalue weighted by atomic mass is 16.6. The van der Waals surface area contributed by atoms with E-state index < -0.39 is 0 Å². The molecule has 0 aliphatic carbocycles. The maximum Gasteiger partial charge on any atom is 0.410 e. The van der Waals surface area contributed by atoms with Crippen LogP contribution in [0.3, 0.4) is 0 Å². The summed E-state index contributed by atoms with van der Waals surface area (Å²) < 4.78 is 10.6. The van der Waals surface area contributed by atoms with Gasteiger partial charge in [0.25, 0.3) is 0 Å². The van der Waals surface area contributed by atoms with Crippen molar-refractivity contribution >= 4 is 6.09 Å². The normalized spacial score (nSPS) is 19.4. The van der Waals surface area contributed by atoms with Gasteiger partial charge < -0.3 is 19.3 Å². The van der Waals surface area contributed by atoms with Crippen molar-refractivity contribution in [2.24, 2.45) is 0 Å². The average molecular weight is 320 g/mol. The van der Waals surface area contributed by atoms with Gasteiger partial charge in [-0.1, -0.05) is 30.3 Å². The van der Waals surface area contributed by atoms with Gasteiger partial charge >= 0.3 is 6.09 Å². The topological polar surface area (TPSA) is 42.0 Å². The van der Waals surface area contributed by atoms with E-state index in [1.54, 1.807) is 7.11 Å². The summed E-state index contributed by atoms with van der Waals surface area (Å²) in [7, 11) is 1.73. The summed E-state index contributed by atoms with van der Waals surface area (Å²) in [5, 5.41) is 0. The lowest BCUT2D eigenvalue weighted by molar-refractivity contribution is 0.0825. The molecule has 1 fully saturated rings. The Morgan fingerprint density at radius 2 is 2.04 bits per heavy atom. The zero-order chi connectivity index (χ0) is 16.5. The molecule has 1 atom stereocenters. The van der Waals surface area contributed by atoms with Crippen molar-refractivity contribution in [1.29, 1.82) is 0 Å². The second kappa shape index (κ2) is 9.53. The molecular weight excluding hydrogens is 292 g/mol. The molecule has 1 amide bonds. The number of carbonyl (C=O) groups is 1. The molecule has 23 heavy (non-hydrogen) atoms. The molecule has 1 aromatic carbocycles. The van der Waals surface area contributed by atoms with Crippen LogP contribution in [-0.2, 0) is 16.1 Å². The van der Waals surface area contributed by atoms with Crippen LogP contribution in [0.5, 0.6) is 0 Å². The summed E-state index contributed by atoms with van der Waals surface area (Å²) in [4.78, 5) is 16.6. The Morgan fingerprint density at radius 3 is 2.78 bits per heavy atom. The molecule has 1 aromatic rings. The van der Waals surface area contributed by atoms with Crippen molar-refractivity contribution in [2.45, 2.75) is 32.4 Å². The Labute approximate surface area is 139 Å². The Hall–Kier alpha value is -1.59. The van der Waals surface area contributed by atoms with Crippen molar-refractivity contribution < 1.29 is 14.3 Å². The van der Waals surface area contributed by atoms with Crippen LogP contribution in [0.15, 0.2) is 30.3 Å². The van der Waals surface area contributed by atoms with E-state index in [-0.39, 0.29) is 12.1 Å². The molecule has 5 heteroatoms. The highest BCUT2D eigenvalue weighted by Crippen LogP contribution is 2.13. The van der Waals surface area contributed by atoms with Gasteiger partial charge in [-0.15, -0.1) is 0 Å². The first-order valence-corrected chi connectivity index (χ1v) is 8.39. The fraction of sp³-hybridized carbons (Fsp3) is 0.611. The number of hydrogen-bond acceptors (Lipinski definition) is 4. The number of carbonyl (C=O) groups excluding carboxylic acids is 1. The van der Waals surface area contributed by atoms with E-state index in [0.29, 0.717) is 6.61 Å². The number of amides is 1. The van der Waals surface area contributed by atoms with Crippen LogP contribution in [0.25, 0.3) is 0 Å². The highest BCUT2D eigenvalue weighted by Gasteiger charge is 2.26. The predicted octanol–water partition coefficient (Wildman–Crippen LogP) is 2.76. The maximum atomic E-state index is 12.4. The number of nitrogens with zero attached hydrogens (tertiary/aromatic N) is 2. The molecule has 1 aliphatic rings. The number of benzene rings is 1. The summed E-state index contributed by atoms with van der Waals surface area (Å²) in [6.07, 6.45) is 1.81. The first-order valence-electron chi connectivity index (χ1n) is 8.39. The largest absolute Gasteiger partial charge is 0.445 e. The van der Waals surface area contributed by atoms with E-state index in [0.717, 1.165) is 51.2 Å². The molecular formula is C18H28N2O3. The summed E-state index contributed by atoms with van der Waals surface area (Å²) >= 11 is 0. The second-order valence-corrected chi connectivity index (χ2v) is 6.08.